The van der Waals surface area contributed by atoms with Crippen LogP contribution in [0.15, 0.2) is 167 Å². The van der Waals surface area contributed by atoms with Gasteiger partial charge < -0.3 is 8.83 Å². The first-order chi connectivity index (χ1) is 22.8. The Bertz CT molecular complexity index is 2520. The van der Waals surface area contributed by atoms with Gasteiger partial charge >= 0.3 is 0 Å². The summed E-state index contributed by atoms with van der Waals surface area (Å²) in [5.74, 6) is 1.24. The van der Waals surface area contributed by atoms with E-state index in [0.29, 0.717) is 11.8 Å². The van der Waals surface area contributed by atoms with Crippen molar-refractivity contribution >= 4 is 32.3 Å². The molecule has 0 amide bonds. The molecular weight excluding hydrogens is 564 g/mol. The van der Waals surface area contributed by atoms with E-state index in [1.54, 1.807) is 24.9 Å². The number of hydrogen-bond donors (Lipinski definition) is 0. The van der Waals surface area contributed by atoms with Gasteiger partial charge in [-0.2, -0.15) is 0 Å². The summed E-state index contributed by atoms with van der Waals surface area (Å²) in [6.07, 6.45) is 6.57. The van der Waals surface area contributed by atoms with E-state index in [9.17, 15) is 0 Å². The van der Waals surface area contributed by atoms with Crippen molar-refractivity contribution in [3.63, 3.8) is 0 Å². The molecule has 0 unspecified atom stereocenters. The molecule has 0 spiro atoms. The van der Waals surface area contributed by atoms with Gasteiger partial charge in [0.25, 0.3) is 0 Å². The minimum absolute atomic E-state index is 0.619. The maximum absolute atomic E-state index is 5.59. The Hall–Kier alpha value is -6.26. The fraction of sp³-hybridized carbons (Fsp3) is 0. The van der Waals surface area contributed by atoms with Crippen LogP contribution in [0.25, 0.3) is 88.6 Å². The molecule has 7 aromatic carbocycles. The molecule has 0 fully saturated rings. The molecule has 46 heavy (non-hydrogen) atoms. The molecule has 0 N–H and O–H groups in total. The molecular formula is C42H26N2O2. The zero-order valence-electron chi connectivity index (χ0n) is 24.7. The Morgan fingerprint density at radius 1 is 0.304 bits per heavy atom. The molecule has 0 saturated carbocycles. The quantitative estimate of drug-likeness (QED) is 0.187. The third-order valence-electron chi connectivity index (χ3n) is 8.79. The highest BCUT2D eigenvalue weighted by Gasteiger charge is 2.14. The van der Waals surface area contributed by atoms with Crippen molar-refractivity contribution in [2.45, 2.75) is 0 Å². The number of aromatic nitrogens is 2. The highest BCUT2D eigenvalue weighted by atomic mass is 16.3. The number of nitrogens with zero attached hydrogens (tertiary/aromatic N) is 2. The van der Waals surface area contributed by atoms with Crippen molar-refractivity contribution in [1.29, 1.82) is 0 Å². The molecule has 2 heterocycles. The summed E-state index contributed by atoms with van der Waals surface area (Å²) in [5, 5.41) is 7.33. The van der Waals surface area contributed by atoms with Crippen molar-refractivity contribution in [2.75, 3.05) is 0 Å². The van der Waals surface area contributed by atoms with Gasteiger partial charge in [0.05, 0.1) is 12.4 Å². The predicted molar refractivity (Wildman–Crippen MR) is 186 cm³/mol. The van der Waals surface area contributed by atoms with Gasteiger partial charge in [0.2, 0.25) is 11.8 Å². The lowest BCUT2D eigenvalue weighted by molar-refractivity contribution is 0.574. The highest BCUT2D eigenvalue weighted by Crippen LogP contribution is 2.41. The smallest absolute Gasteiger partial charge is 0.225 e. The fourth-order valence-electron chi connectivity index (χ4n) is 6.57. The average Bonchev–Trinajstić information content (AvgIpc) is 3.88. The number of rotatable bonds is 5. The number of oxazole rings is 2. The zero-order chi connectivity index (χ0) is 30.5. The van der Waals surface area contributed by atoms with E-state index in [4.69, 9.17) is 8.83 Å². The first kappa shape index (κ1) is 26.2. The van der Waals surface area contributed by atoms with Gasteiger partial charge in [-0.1, -0.05) is 91.0 Å². The van der Waals surface area contributed by atoms with E-state index in [-0.39, 0.29) is 0 Å². The standard InChI is InChI=1S/C42H26N2O2/c1-2-6-27(7-3-1)30-12-17-37-38-25-31(28-8-4-10-33(22-28)41-43-18-20-45-41)13-15-35(38)36-16-14-32(26-39(36)40(37)24-30)29-9-5-11-34(23-29)42-44-19-21-46-42/h1-26H. The average molecular weight is 591 g/mol. The molecule has 0 saturated heterocycles. The molecule has 0 aliphatic carbocycles. The van der Waals surface area contributed by atoms with Gasteiger partial charge in [-0.05, 0) is 108 Å². The van der Waals surface area contributed by atoms with Crippen molar-refractivity contribution < 1.29 is 8.83 Å². The van der Waals surface area contributed by atoms with Gasteiger partial charge in [-0.15, -0.1) is 0 Å². The maximum atomic E-state index is 5.59. The fourth-order valence-corrected chi connectivity index (χ4v) is 6.57. The van der Waals surface area contributed by atoms with Crippen LogP contribution in [0.3, 0.4) is 0 Å². The van der Waals surface area contributed by atoms with E-state index in [1.807, 2.05) is 12.1 Å². The van der Waals surface area contributed by atoms with Crippen LogP contribution in [0.1, 0.15) is 0 Å². The van der Waals surface area contributed by atoms with Crippen LogP contribution in [-0.4, -0.2) is 9.97 Å². The SMILES string of the molecule is c1ccc(-c2ccc3c4cc(-c5cccc(-c6ncco6)c5)ccc4c4ccc(-c5cccc(-c6ncco6)c5)cc4c3c2)cc1. The molecule has 2 aromatic heterocycles. The summed E-state index contributed by atoms with van der Waals surface area (Å²) >= 11 is 0. The van der Waals surface area contributed by atoms with Crippen LogP contribution in [0.5, 0.6) is 0 Å². The van der Waals surface area contributed by atoms with Gasteiger partial charge in [0.1, 0.15) is 12.5 Å². The topological polar surface area (TPSA) is 52.1 Å². The summed E-state index contributed by atoms with van der Waals surface area (Å²) < 4.78 is 11.2. The van der Waals surface area contributed by atoms with Gasteiger partial charge in [-0.25, -0.2) is 9.97 Å². The number of hydrogen-bond acceptors (Lipinski definition) is 4. The Labute approximate surface area is 265 Å². The minimum atomic E-state index is 0.619. The summed E-state index contributed by atoms with van der Waals surface area (Å²) in [6, 6.07) is 47.8. The van der Waals surface area contributed by atoms with Crippen molar-refractivity contribution in [1.82, 2.24) is 9.97 Å². The van der Waals surface area contributed by atoms with E-state index in [1.165, 1.54) is 43.4 Å². The largest absolute Gasteiger partial charge is 0.445 e. The van der Waals surface area contributed by atoms with E-state index in [0.717, 1.165) is 33.4 Å². The highest BCUT2D eigenvalue weighted by molar-refractivity contribution is 6.26. The lowest BCUT2D eigenvalue weighted by Gasteiger charge is -2.15. The van der Waals surface area contributed by atoms with Crippen LogP contribution in [-0.2, 0) is 0 Å². The molecule has 4 heteroatoms. The van der Waals surface area contributed by atoms with Crippen LogP contribution in [0.4, 0.5) is 0 Å². The van der Waals surface area contributed by atoms with Crippen molar-refractivity contribution in [3.8, 4) is 56.3 Å². The minimum Gasteiger partial charge on any atom is -0.445 e. The second-order valence-electron chi connectivity index (χ2n) is 11.5. The zero-order valence-corrected chi connectivity index (χ0v) is 24.7. The van der Waals surface area contributed by atoms with E-state index >= 15 is 0 Å². The molecule has 0 bridgehead atoms. The normalized spacial score (nSPS) is 11.5. The lowest BCUT2D eigenvalue weighted by atomic mass is 9.89. The van der Waals surface area contributed by atoms with Gasteiger partial charge in [0, 0.05) is 11.1 Å². The van der Waals surface area contributed by atoms with Crippen molar-refractivity contribution in [2.24, 2.45) is 0 Å². The van der Waals surface area contributed by atoms with Crippen LogP contribution < -0.4 is 0 Å². The summed E-state index contributed by atoms with van der Waals surface area (Å²) in [5.41, 5.74) is 8.83. The molecule has 0 radical (unpaired) electrons. The van der Waals surface area contributed by atoms with Gasteiger partial charge in [-0.3, -0.25) is 0 Å². The van der Waals surface area contributed by atoms with Gasteiger partial charge in [0.15, 0.2) is 0 Å². The molecule has 9 aromatic rings. The lowest BCUT2D eigenvalue weighted by Crippen LogP contribution is -1.88. The Morgan fingerprint density at radius 2 is 0.696 bits per heavy atom. The molecule has 0 aliphatic heterocycles. The first-order valence-corrected chi connectivity index (χ1v) is 15.3. The Kier molecular flexibility index (Phi) is 6.10. The summed E-state index contributed by atoms with van der Waals surface area (Å²) in [6.45, 7) is 0. The number of fused-ring (bicyclic) bond motifs is 6. The third-order valence-corrected chi connectivity index (χ3v) is 8.79. The predicted octanol–water partition coefficient (Wildman–Crippen LogP) is 11.5. The molecule has 0 atom stereocenters. The molecule has 216 valence electrons. The third kappa shape index (κ3) is 4.47. The first-order valence-electron chi connectivity index (χ1n) is 15.3. The number of benzene rings is 7. The Balaban J connectivity index is 1.27. The Morgan fingerprint density at radius 3 is 1.17 bits per heavy atom. The van der Waals surface area contributed by atoms with E-state index in [2.05, 4.69) is 131 Å². The summed E-state index contributed by atoms with van der Waals surface area (Å²) in [4.78, 5) is 8.71. The maximum Gasteiger partial charge on any atom is 0.225 e. The monoisotopic (exact) mass is 590 g/mol. The molecule has 0 aliphatic rings. The second kappa shape index (κ2) is 10.7. The van der Waals surface area contributed by atoms with E-state index < -0.39 is 0 Å². The van der Waals surface area contributed by atoms with Crippen molar-refractivity contribution in [3.05, 3.63) is 158 Å². The summed E-state index contributed by atoms with van der Waals surface area (Å²) in [7, 11) is 0. The van der Waals surface area contributed by atoms with Crippen LogP contribution in [0, 0.1) is 0 Å². The second-order valence-corrected chi connectivity index (χ2v) is 11.5. The molecule has 9 rings (SSSR count). The molecule has 4 nitrogen and oxygen atoms in total. The van der Waals surface area contributed by atoms with Crippen LogP contribution in [0.2, 0.25) is 0 Å². The van der Waals surface area contributed by atoms with Crippen LogP contribution >= 0.6 is 0 Å².